The molecule has 0 fully saturated rings. The number of anilines is 1. The SMILES string of the molecule is CNC(=O)CCn1c(=O)nc(NC2=CCC3(C)NC(C)=C(C)C3=C2)n(Cc2ccc(Cl)cc2)c1=O. The Labute approximate surface area is 208 Å². The second-order valence-corrected chi connectivity index (χ2v) is 9.48. The maximum absolute atomic E-state index is 13.4. The van der Waals surface area contributed by atoms with E-state index in [1.807, 2.05) is 24.3 Å². The van der Waals surface area contributed by atoms with Gasteiger partial charge in [0, 0.05) is 36.4 Å². The summed E-state index contributed by atoms with van der Waals surface area (Å²) in [6.07, 6.45) is 4.78. The number of carbonyl (C=O) groups excluding carboxylic acids is 1. The highest BCUT2D eigenvalue weighted by molar-refractivity contribution is 6.30. The second-order valence-electron chi connectivity index (χ2n) is 9.04. The fourth-order valence-corrected chi connectivity index (χ4v) is 4.56. The summed E-state index contributed by atoms with van der Waals surface area (Å²) in [7, 11) is 1.50. The number of rotatable bonds is 7. The van der Waals surface area contributed by atoms with Crippen molar-refractivity contribution in [3.63, 3.8) is 0 Å². The van der Waals surface area contributed by atoms with Gasteiger partial charge >= 0.3 is 11.4 Å². The summed E-state index contributed by atoms with van der Waals surface area (Å²) < 4.78 is 2.39. The minimum atomic E-state index is -0.711. The number of benzene rings is 1. The Hall–Kier alpha value is -3.59. The molecule has 1 aromatic carbocycles. The Morgan fingerprint density at radius 1 is 1.20 bits per heavy atom. The lowest BCUT2D eigenvalue weighted by molar-refractivity contribution is -0.120. The standard InChI is InChI=1S/C25H29ClN6O3/c1-15-16(2)30-25(3)11-9-19(13-20(15)25)28-22-29-23(34)31(12-10-21(33)27-4)24(35)32(22)14-17-5-7-18(26)8-6-17/h5-9,13,30H,10-12,14H2,1-4H3,(H,27,33)(H,28,29,34). The van der Waals surface area contributed by atoms with E-state index >= 15 is 0 Å². The topological polar surface area (TPSA) is 110 Å². The lowest BCUT2D eigenvalue weighted by Gasteiger charge is -2.31. The van der Waals surface area contributed by atoms with Crippen molar-refractivity contribution in [1.29, 1.82) is 0 Å². The number of halogens is 1. The second kappa shape index (κ2) is 9.58. The molecule has 2 aromatic rings. The molecule has 0 bridgehead atoms. The van der Waals surface area contributed by atoms with E-state index in [9.17, 15) is 14.4 Å². The number of carbonyl (C=O) groups is 1. The molecule has 35 heavy (non-hydrogen) atoms. The third kappa shape index (κ3) is 4.95. The van der Waals surface area contributed by atoms with Crippen LogP contribution in [0.15, 0.2) is 68.5 Å². The van der Waals surface area contributed by atoms with E-state index in [2.05, 4.69) is 41.7 Å². The Balaban J connectivity index is 1.73. The van der Waals surface area contributed by atoms with Crippen molar-refractivity contribution in [2.24, 2.45) is 0 Å². The average Bonchev–Trinajstić information content (AvgIpc) is 3.05. The first-order valence-corrected chi connectivity index (χ1v) is 11.8. The molecule has 1 aliphatic heterocycles. The van der Waals surface area contributed by atoms with Crippen molar-refractivity contribution in [1.82, 2.24) is 24.8 Å². The fourth-order valence-electron chi connectivity index (χ4n) is 4.43. The molecule has 3 N–H and O–H groups in total. The zero-order valence-corrected chi connectivity index (χ0v) is 21.0. The van der Waals surface area contributed by atoms with Gasteiger partial charge in [0.05, 0.1) is 12.1 Å². The highest BCUT2D eigenvalue weighted by Crippen LogP contribution is 2.39. The van der Waals surface area contributed by atoms with Gasteiger partial charge in [0.25, 0.3) is 0 Å². The van der Waals surface area contributed by atoms with E-state index in [0.29, 0.717) is 5.02 Å². The predicted molar refractivity (Wildman–Crippen MR) is 136 cm³/mol. The first-order chi connectivity index (χ1) is 16.6. The van der Waals surface area contributed by atoms with E-state index in [4.69, 9.17) is 11.6 Å². The lowest BCUT2D eigenvalue weighted by Crippen LogP contribution is -2.44. The molecule has 2 aliphatic rings. The Morgan fingerprint density at radius 2 is 1.91 bits per heavy atom. The molecule has 2 heterocycles. The summed E-state index contributed by atoms with van der Waals surface area (Å²) in [5, 5.41) is 9.82. The van der Waals surface area contributed by atoms with Crippen LogP contribution < -0.4 is 27.3 Å². The molecule has 1 amide bonds. The third-order valence-corrected chi connectivity index (χ3v) is 6.81. The molecule has 184 valence electrons. The van der Waals surface area contributed by atoms with Crippen LogP contribution >= 0.6 is 11.6 Å². The van der Waals surface area contributed by atoms with Crippen LogP contribution in [-0.4, -0.2) is 32.6 Å². The number of hydrogen-bond donors (Lipinski definition) is 3. The lowest BCUT2D eigenvalue weighted by atomic mass is 9.83. The maximum Gasteiger partial charge on any atom is 0.354 e. The van der Waals surface area contributed by atoms with E-state index in [-0.39, 0.29) is 36.9 Å². The molecule has 4 rings (SSSR count). The van der Waals surface area contributed by atoms with Gasteiger partial charge in [-0.15, -0.1) is 0 Å². The van der Waals surface area contributed by atoms with Crippen molar-refractivity contribution in [2.75, 3.05) is 12.4 Å². The quantitative estimate of drug-likeness (QED) is 0.543. The third-order valence-electron chi connectivity index (χ3n) is 6.56. The number of allylic oxidation sites excluding steroid dienone is 2. The van der Waals surface area contributed by atoms with Gasteiger partial charge in [-0.1, -0.05) is 29.8 Å². The van der Waals surface area contributed by atoms with Crippen molar-refractivity contribution < 1.29 is 4.79 Å². The molecule has 1 aliphatic carbocycles. The number of nitrogens with one attached hydrogen (secondary N) is 3. The summed E-state index contributed by atoms with van der Waals surface area (Å²) in [5.74, 6) is -0.129. The fraction of sp³-hybridized carbons (Fsp3) is 0.360. The highest BCUT2D eigenvalue weighted by atomic mass is 35.5. The number of amides is 1. The van der Waals surface area contributed by atoms with Gasteiger partial charge in [-0.05, 0) is 62.1 Å². The van der Waals surface area contributed by atoms with E-state index < -0.39 is 11.4 Å². The van der Waals surface area contributed by atoms with Crippen LogP contribution in [0.4, 0.5) is 5.95 Å². The van der Waals surface area contributed by atoms with Gasteiger partial charge in [-0.2, -0.15) is 4.98 Å². The smallest absolute Gasteiger partial charge is 0.354 e. The van der Waals surface area contributed by atoms with Crippen molar-refractivity contribution in [3.8, 4) is 0 Å². The van der Waals surface area contributed by atoms with Crippen LogP contribution in [0.25, 0.3) is 0 Å². The molecular formula is C25H29ClN6O3. The summed E-state index contributed by atoms with van der Waals surface area (Å²) in [4.78, 5) is 42.1. The van der Waals surface area contributed by atoms with Crippen molar-refractivity contribution >= 4 is 23.5 Å². The van der Waals surface area contributed by atoms with Crippen LogP contribution in [0, 0.1) is 0 Å². The summed E-state index contributed by atoms with van der Waals surface area (Å²) in [6, 6.07) is 7.10. The number of aromatic nitrogens is 3. The minimum Gasteiger partial charge on any atom is -0.379 e. The summed E-state index contributed by atoms with van der Waals surface area (Å²) >= 11 is 6.01. The first kappa shape index (κ1) is 24.5. The zero-order valence-electron chi connectivity index (χ0n) is 20.2. The molecule has 1 atom stereocenters. The molecule has 0 radical (unpaired) electrons. The zero-order chi connectivity index (χ0) is 25.3. The van der Waals surface area contributed by atoms with Crippen molar-refractivity contribution in [3.05, 3.63) is 90.5 Å². The Kier molecular flexibility index (Phi) is 6.71. The first-order valence-electron chi connectivity index (χ1n) is 11.4. The van der Waals surface area contributed by atoms with Crippen LogP contribution in [0.2, 0.25) is 5.02 Å². The van der Waals surface area contributed by atoms with Gasteiger partial charge in [0.1, 0.15) is 0 Å². The molecule has 9 nitrogen and oxygen atoms in total. The molecule has 10 heteroatoms. The van der Waals surface area contributed by atoms with Crippen LogP contribution in [-0.2, 0) is 17.9 Å². The summed E-state index contributed by atoms with van der Waals surface area (Å²) in [6.45, 7) is 6.38. The van der Waals surface area contributed by atoms with E-state index in [1.165, 1.54) is 17.2 Å². The molecule has 1 unspecified atom stereocenters. The normalized spacial score (nSPS) is 19.0. The average molecular weight is 497 g/mol. The maximum atomic E-state index is 13.4. The molecule has 0 spiro atoms. The molecule has 0 saturated carbocycles. The molecule has 1 aromatic heterocycles. The number of hydrogen-bond acceptors (Lipinski definition) is 6. The predicted octanol–water partition coefficient (Wildman–Crippen LogP) is 2.52. The number of fused-ring (bicyclic) bond motifs is 1. The number of nitrogens with zero attached hydrogens (tertiary/aromatic N) is 3. The van der Waals surface area contributed by atoms with Crippen LogP contribution in [0.3, 0.4) is 0 Å². The van der Waals surface area contributed by atoms with Crippen molar-refractivity contribution in [2.45, 2.75) is 52.2 Å². The Bertz CT molecular complexity index is 1380. The van der Waals surface area contributed by atoms with E-state index in [0.717, 1.165) is 33.5 Å². The minimum absolute atomic E-state index is 0.00512. The van der Waals surface area contributed by atoms with E-state index in [1.54, 1.807) is 12.1 Å². The van der Waals surface area contributed by atoms with Crippen LogP contribution in [0.1, 0.15) is 39.2 Å². The largest absolute Gasteiger partial charge is 0.379 e. The highest BCUT2D eigenvalue weighted by Gasteiger charge is 2.37. The van der Waals surface area contributed by atoms with Gasteiger partial charge in [-0.25, -0.2) is 14.2 Å². The van der Waals surface area contributed by atoms with Gasteiger partial charge in [0.15, 0.2) is 0 Å². The van der Waals surface area contributed by atoms with Gasteiger partial charge in [-0.3, -0.25) is 9.36 Å². The molecule has 0 saturated heterocycles. The van der Waals surface area contributed by atoms with Crippen LogP contribution in [0.5, 0.6) is 0 Å². The Morgan fingerprint density at radius 3 is 2.60 bits per heavy atom. The van der Waals surface area contributed by atoms with Gasteiger partial charge in [0.2, 0.25) is 11.9 Å². The molecular weight excluding hydrogens is 468 g/mol. The monoisotopic (exact) mass is 496 g/mol. The summed E-state index contributed by atoms with van der Waals surface area (Å²) in [5.41, 5.74) is 3.60. The van der Waals surface area contributed by atoms with Gasteiger partial charge < -0.3 is 16.0 Å².